The van der Waals surface area contributed by atoms with Crippen molar-refractivity contribution in [2.24, 2.45) is 0 Å². The van der Waals surface area contributed by atoms with E-state index in [1.807, 2.05) is 0 Å². The molecular formula is C13H10BrClFNO2S. The number of hydrogen-bond donors (Lipinski definition) is 1. The van der Waals surface area contributed by atoms with Crippen LogP contribution in [0.1, 0.15) is 5.56 Å². The second kappa shape index (κ2) is 5.71. The van der Waals surface area contributed by atoms with E-state index in [9.17, 15) is 12.8 Å². The molecule has 0 unspecified atom stereocenters. The number of anilines is 1. The monoisotopic (exact) mass is 377 g/mol. The molecule has 2 N–H and O–H groups in total. The molecule has 0 fully saturated rings. The minimum atomic E-state index is -3.71. The molecule has 0 bridgehead atoms. The van der Waals surface area contributed by atoms with Gasteiger partial charge >= 0.3 is 0 Å². The van der Waals surface area contributed by atoms with Gasteiger partial charge in [-0.25, -0.2) is 12.8 Å². The van der Waals surface area contributed by atoms with Crippen LogP contribution in [-0.2, 0) is 15.6 Å². The van der Waals surface area contributed by atoms with Crippen molar-refractivity contribution in [1.82, 2.24) is 0 Å². The Morgan fingerprint density at radius 2 is 1.95 bits per heavy atom. The third kappa shape index (κ3) is 3.13. The van der Waals surface area contributed by atoms with E-state index in [-0.39, 0.29) is 20.1 Å². The van der Waals surface area contributed by atoms with Crippen molar-refractivity contribution in [2.45, 2.75) is 10.6 Å². The molecule has 0 saturated carbocycles. The molecule has 0 aliphatic carbocycles. The van der Waals surface area contributed by atoms with Crippen molar-refractivity contribution in [1.29, 1.82) is 0 Å². The molecule has 2 aromatic rings. The molecule has 0 atom stereocenters. The smallest absolute Gasteiger partial charge is 0.184 e. The Balaban J connectivity index is 2.46. The number of benzene rings is 2. The summed E-state index contributed by atoms with van der Waals surface area (Å²) >= 11 is 8.94. The number of hydrogen-bond acceptors (Lipinski definition) is 3. The number of halogens is 3. The molecule has 20 heavy (non-hydrogen) atoms. The van der Waals surface area contributed by atoms with Gasteiger partial charge in [0.15, 0.2) is 9.84 Å². The lowest BCUT2D eigenvalue weighted by atomic mass is 10.2. The molecule has 0 amide bonds. The fraction of sp³-hybridized carbons (Fsp3) is 0.0769. The number of nitrogens with two attached hydrogens (primary N) is 1. The molecule has 0 aromatic heterocycles. The third-order valence-electron chi connectivity index (χ3n) is 2.67. The van der Waals surface area contributed by atoms with Crippen molar-refractivity contribution in [3.63, 3.8) is 0 Å². The molecule has 2 aromatic carbocycles. The fourth-order valence-electron chi connectivity index (χ4n) is 1.70. The second-order valence-corrected chi connectivity index (χ2v) is 7.32. The van der Waals surface area contributed by atoms with Crippen molar-refractivity contribution < 1.29 is 12.8 Å². The van der Waals surface area contributed by atoms with Crippen molar-refractivity contribution >= 4 is 43.1 Å². The Bertz CT molecular complexity index is 765. The highest BCUT2D eigenvalue weighted by atomic mass is 79.9. The average Bonchev–Trinajstić information content (AvgIpc) is 2.37. The van der Waals surface area contributed by atoms with Gasteiger partial charge in [-0.15, -0.1) is 0 Å². The first-order valence-electron chi connectivity index (χ1n) is 5.52. The van der Waals surface area contributed by atoms with Crippen LogP contribution in [-0.4, -0.2) is 8.42 Å². The van der Waals surface area contributed by atoms with E-state index in [1.54, 1.807) is 0 Å². The quantitative estimate of drug-likeness (QED) is 0.827. The fourth-order valence-corrected chi connectivity index (χ4v) is 4.25. The van der Waals surface area contributed by atoms with Crippen LogP contribution in [0.4, 0.5) is 10.1 Å². The molecule has 0 radical (unpaired) electrons. The zero-order valence-electron chi connectivity index (χ0n) is 10.1. The van der Waals surface area contributed by atoms with E-state index in [0.717, 1.165) is 0 Å². The molecule has 0 saturated heterocycles. The first kappa shape index (κ1) is 15.3. The summed E-state index contributed by atoms with van der Waals surface area (Å²) < 4.78 is 38.3. The van der Waals surface area contributed by atoms with Crippen LogP contribution in [0.25, 0.3) is 0 Å². The molecule has 3 nitrogen and oxygen atoms in total. The molecule has 0 aliphatic heterocycles. The average molecular weight is 379 g/mol. The predicted molar refractivity (Wildman–Crippen MR) is 80.9 cm³/mol. The minimum Gasteiger partial charge on any atom is -0.399 e. The van der Waals surface area contributed by atoms with Gasteiger partial charge in [0.25, 0.3) is 0 Å². The Morgan fingerprint density at radius 3 is 2.65 bits per heavy atom. The Morgan fingerprint density at radius 1 is 1.25 bits per heavy atom. The van der Waals surface area contributed by atoms with Gasteiger partial charge in [0.1, 0.15) is 5.82 Å². The predicted octanol–water partition coefficient (Wildman–Crippen LogP) is 3.80. The zero-order chi connectivity index (χ0) is 14.9. The van der Waals surface area contributed by atoms with Gasteiger partial charge in [-0.3, -0.25) is 0 Å². The summed E-state index contributed by atoms with van der Waals surface area (Å²) in [6.45, 7) is 0. The van der Waals surface area contributed by atoms with Crippen LogP contribution < -0.4 is 5.73 Å². The van der Waals surface area contributed by atoms with Crippen LogP contribution in [0.15, 0.2) is 45.8 Å². The lowest BCUT2D eigenvalue weighted by Gasteiger charge is -2.09. The van der Waals surface area contributed by atoms with E-state index >= 15 is 0 Å². The topological polar surface area (TPSA) is 60.2 Å². The lowest BCUT2D eigenvalue weighted by Crippen LogP contribution is -2.07. The standard InChI is InChI=1S/C13H10BrClFNO2S/c14-13-8(2-1-3-11(13)16)7-20(18,19)12-6-9(17)4-5-10(12)15/h1-6H,7,17H2. The Hall–Kier alpha value is -1.11. The van der Waals surface area contributed by atoms with Gasteiger partial charge in [0.2, 0.25) is 0 Å². The molecule has 2 rings (SSSR count). The van der Waals surface area contributed by atoms with Crippen LogP contribution >= 0.6 is 27.5 Å². The maximum Gasteiger partial charge on any atom is 0.184 e. The molecular weight excluding hydrogens is 369 g/mol. The third-order valence-corrected chi connectivity index (χ3v) is 5.70. The summed E-state index contributed by atoms with van der Waals surface area (Å²) in [4.78, 5) is -0.0599. The van der Waals surface area contributed by atoms with E-state index < -0.39 is 15.7 Å². The van der Waals surface area contributed by atoms with Gasteiger partial charge < -0.3 is 5.73 Å². The molecule has 0 spiro atoms. The van der Waals surface area contributed by atoms with E-state index in [4.69, 9.17) is 17.3 Å². The molecule has 7 heteroatoms. The molecule has 0 heterocycles. The molecule has 106 valence electrons. The van der Waals surface area contributed by atoms with Gasteiger partial charge in [-0.05, 0) is 45.8 Å². The largest absolute Gasteiger partial charge is 0.399 e. The van der Waals surface area contributed by atoms with Gasteiger partial charge in [-0.2, -0.15) is 0 Å². The summed E-state index contributed by atoms with van der Waals surface area (Å²) in [7, 11) is -3.71. The first-order valence-corrected chi connectivity index (χ1v) is 8.34. The first-order chi connectivity index (χ1) is 9.31. The minimum absolute atomic E-state index is 0.0599. The van der Waals surface area contributed by atoms with Crippen molar-refractivity contribution in [3.8, 4) is 0 Å². The summed E-state index contributed by atoms with van der Waals surface area (Å²) in [5.74, 6) is -0.884. The Labute approximate surface area is 129 Å². The van der Waals surface area contributed by atoms with Crippen LogP contribution in [0.3, 0.4) is 0 Å². The number of rotatable bonds is 3. The zero-order valence-corrected chi connectivity index (χ0v) is 13.3. The number of sulfone groups is 1. The second-order valence-electron chi connectivity index (χ2n) is 4.16. The highest BCUT2D eigenvalue weighted by Crippen LogP contribution is 2.29. The normalized spacial score (nSPS) is 11.6. The maximum absolute atomic E-state index is 13.4. The SMILES string of the molecule is Nc1ccc(Cl)c(S(=O)(=O)Cc2cccc(F)c2Br)c1. The van der Waals surface area contributed by atoms with Crippen LogP contribution in [0, 0.1) is 5.82 Å². The van der Waals surface area contributed by atoms with Gasteiger partial charge in [-0.1, -0.05) is 23.7 Å². The van der Waals surface area contributed by atoms with Crippen molar-refractivity contribution in [2.75, 3.05) is 5.73 Å². The lowest BCUT2D eigenvalue weighted by molar-refractivity contribution is 0.594. The highest BCUT2D eigenvalue weighted by molar-refractivity contribution is 9.10. The highest BCUT2D eigenvalue weighted by Gasteiger charge is 2.21. The summed E-state index contributed by atoms with van der Waals surface area (Å²) in [5.41, 5.74) is 6.20. The van der Waals surface area contributed by atoms with Gasteiger partial charge in [0, 0.05) is 5.69 Å². The summed E-state index contributed by atoms with van der Waals surface area (Å²) in [6, 6.07) is 8.46. The van der Waals surface area contributed by atoms with E-state index in [2.05, 4.69) is 15.9 Å². The molecule has 0 aliphatic rings. The van der Waals surface area contributed by atoms with E-state index in [1.165, 1.54) is 36.4 Å². The summed E-state index contributed by atoms with van der Waals surface area (Å²) in [5, 5.41) is 0.0896. The maximum atomic E-state index is 13.4. The summed E-state index contributed by atoms with van der Waals surface area (Å²) in [6.07, 6.45) is 0. The van der Waals surface area contributed by atoms with Gasteiger partial charge in [0.05, 0.1) is 20.1 Å². The van der Waals surface area contributed by atoms with E-state index in [0.29, 0.717) is 11.3 Å². The Kier molecular flexibility index (Phi) is 4.36. The van der Waals surface area contributed by atoms with Crippen LogP contribution in [0.5, 0.6) is 0 Å². The van der Waals surface area contributed by atoms with Crippen LogP contribution in [0.2, 0.25) is 5.02 Å². The number of nitrogen functional groups attached to an aromatic ring is 1. The van der Waals surface area contributed by atoms with Crippen molar-refractivity contribution in [3.05, 3.63) is 57.3 Å².